The van der Waals surface area contributed by atoms with Crippen LogP contribution in [0.4, 0.5) is 0 Å². The molecule has 0 bridgehead atoms. The minimum Gasteiger partial charge on any atom is -0.504 e. The van der Waals surface area contributed by atoms with E-state index in [1.807, 2.05) is 0 Å². The topological polar surface area (TPSA) is 86.7 Å². The van der Waals surface area contributed by atoms with E-state index >= 15 is 0 Å². The molecule has 1 aromatic carbocycles. The number of benzene rings is 1. The first kappa shape index (κ1) is 10.3. The summed E-state index contributed by atoms with van der Waals surface area (Å²) in [6.45, 7) is 0.439. The van der Waals surface area contributed by atoms with E-state index in [2.05, 4.69) is 0 Å². The number of phenols is 2. The second-order valence-corrected chi connectivity index (χ2v) is 4.25. The summed E-state index contributed by atoms with van der Waals surface area (Å²) in [5.41, 5.74) is 6.34. The van der Waals surface area contributed by atoms with Crippen molar-refractivity contribution in [2.75, 3.05) is 6.54 Å². The van der Waals surface area contributed by atoms with Crippen molar-refractivity contribution in [2.45, 2.75) is 24.4 Å². The third-order valence-electron chi connectivity index (χ3n) is 3.23. The predicted molar refractivity (Wildman–Crippen MR) is 55.7 cm³/mol. The van der Waals surface area contributed by atoms with Crippen molar-refractivity contribution in [1.82, 2.24) is 0 Å². The SMILES string of the molecule is NCC1(c2ccc(O)c(O)c2)CC(O)C1. The summed E-state index contributed by atoms with van der Waals surface area (Å²) in [7, 11) is 0. The zero-order chi connectivity index (χ0) is 11.1. The van der Waals surface area contributed by atoms with Crippen LogP contribution >= 0.6 is 0 Å². The number of nitrogens with two attached hydrogens (primary N) is 1. The lowest BCUT2D eigenvalue weighted by molar-refractivity contribution is 0.0220. The molecule has 0 spiro atoms. The van der Waals surface area contributed by atoms with Gasteiger partial charge in [-0.25, -0.2) is 0 Å². The van der Waals surface area contributed by atoms with Crippen LogP contribution in [0.2, 0.25) is 0 Å². The average Bonchev–Trinajstić information content (AvgIpc) is 2.17. The summed E-state index contributed by atoms with van der Waals surface area (Å²) in [6, 6.07) is 4.72. The number of aromatic hydroxyl groups is 2. The van der Waals surface area contributed by atoms with Crippen molar-refractivity contribution in [3.8, 4) is 11.5 Å². The van der Waals surface area contributed by atoms with Gasteiger partial charge in [0.05, 0.1) is 6.10 Å². The Labute approximate surface area is 88.0 Å². The van der Waals surface area contributed by atoms with Gasteiger partial charge < -0.3 is 21.1 Å². The van der Waals surface area contributed by atoms with Crippen molar-refractivity contribution in [2.24, 2.45) is 5.73 Å². The van der Waals surface area contributed by atoms with E-state index in [4.69, 9.17) is 5.73 Å². The molecular weight excluding hydrogens is 194 g/mol. The Morgan fingerprint density at radius 3 is 2.40 bits per heavy atom. The highest BCUT2D eigenvalue weighted by Gasteiger charge is 2.43. The molecule has 4 heteroatoms. The van der Waals surface area contributed by atoms with Gasteiger partial charge in [0.15, 0.2) is 11.5 Å². The summed E-state index contributed by atoms with van der Waals surface area (Å²) >= 11 is 0. The maximum atomic E-state index is 9.39. The van der Waals surface area contributed by atoms with E-state index in [1.54, 1.807) is 6.07 Å². The third-order valence-corrected chi connectivity index (χ3v) is 3.23. The van der Waals surface area contributed by atoms with Gasteiger partial charge in [-0.2, -0.15) is 0 Å². The third kappa shape index (κ3) is 1.56. The monoisotopic (exact) mass is 209 g/mol. The molecule has 0 amide bonds. The van der Waals surface area contributed by atoms with Gasteiger partial charge in [0.2, 0.25) is 0 Å². The standard InChI is InChI=1S/C11H15NO3/c12-6-11(4-8(13)5-11)7-1-2-9(14)10(15)3-7/h1-3,8,13-15H,4-6,12H2. The molecule has 0 aromatic heterocycles. The maximum absolute atomic E-state index is 9.39. The van der Waals surface area contributed by atoms with E-state index in [1.165, 1.54) is 12.1 Å². The zero-order valence-electron chi connectivity index (χ0n) is 8.35. The van der Waals surface area contributed by atoms with Gasteiger partial charge in [-0.05, 0) is 30.5 Å². The fourth-order valence-electron chi connectivity index (χ4n) is 2.22. The smallest absolute Gasteiger partial charge is 0.157 e. The lowest BCUT2D eigenvalue weighted by Crippen LogP contribution is -2.49. The molecule has 0 saturated heterocycles. The Kier molecular flexibility index (Phi) is 2.32. The van der Waals surface area contributed by atoms with Crippen molar-refractivity contribution in [3.05, 3.63) is 23.8 Å². The van der Waals surface area contributed by atoms with Gasteiger partial charge in [-0.1, -0.05) is 6.07 Å². The first-order valence-electron chi connectivity index (χ1n) is 4.98. The van der Waals surface area contributed by atoms with E-state index in [0.29, 0.717) is 19.4 Å². The highest BCUT2D eigenvalue weighted by Crippen LogP contribution is 2.44. The molecular formula is C11H15NO3. The molecule has 0 atom stereocenters. The summed E-state index contributed by atoms with van der Waals surface area (Å²) in [4.78, 5) is 0. The number of hydrogen-bond donors (Lipinski definition) is 4. The van der Waals surface area contributed by atoms with E-state index in [9.17, 15) is 15.3 Å². The molecule has 0 radical (unpaired) electrons. The van der Waals surface area contributed by atoms with Crippen LogP contribution in [0.15, 0.2) is 18.2 Å². The van der Waals surface area contributed by atoms with Gasteiger partial charge in [-0.3, -0.25) is 0 Å². The fourth-order valence-corrected chi connectivity index (χ4v) is 2.22. The highest BCUT2D eigenvalue weighted by atomic mass is 16.3. The lowest BCUT2D eigenvalue weighted by atomic mass is 9.63. The quantitative estimate of drug-likeness (QED) is 0.533. The lowest BCUT2D eigenvalue weighted by Gasteiger charge is -2.45. The van der Waals surface area contributed by atoms with Gasteiger partial charge in [0, 0.05) is 12.0 Å². The molecule has 2 rings (SSSR count). The van der Waals surface area contributed by atoms with Crippen LogP contribution in [0.3, 0.4) is 0 Å². The van der Waals surface area contributed by atoms with E-state index < -0.39 is 0 Å². The molecule has 5 N–H and O–H groups in total. The molecule has 1 saturated carbocycles. The number of hydrogen-bond acceptors (Lipinski definition) is 4. The number of aliphatic hydroxyl groups is 1. The number of aliphatic hydroxyl groups excluding tert-OH is 1. The molecule has 1 aromatic rings. The first-order valence-corrected chi connectivity index (χ1v) is 4.98. The molecule has 1 aliphatic rings. The molecule has 0 heterocycles. The fraction of sp³-hybridized carbons (Fsp3) is 0.455. The van der Waals surface area contributed by atoms with Crippen LogP contribution in [0.1, 0.15) is 18.4 Å². The maximum Gasteiger partial charge on any atom is 0.157 e. The van der Waals surface area contributed by atoms with Crippen molar-refractivity contribution >= 4 is 0 Å². The van der Waals surface area contributed by atoms with Gasteiger partial charge >= 0.3 is 0 Å². The Bertz CT molecular complexity index is 372. The number of rotatable bonds is 2. The summed E-state index contributed by atoms with van der Waals surface area (Å²) in [5, 5.41) is 27.9. The Hall–Kier alpha value is -1.26. The van der Waals surface area contributed by atoms with Gasteiger partial charge in [0.25, 0.3) is 0 Å². The first-order chi connectivity index (χ1) is 7.07. The largest absolute Gasteiger partial charge is 0.504 e. The molecule has 4 nitrogen and oxygen atoms in total. The highest BCUT2D eigenvalue weighted by molar-refractivity contribution is 5.44. The van der Waals surface area contributed by atoms with Crippen LogP contribution in [0, 0.1) is 0 Å². The van der Waals surface area contributed by atoms with Crippen molar-refractivity contribution < 1.29 is 15.3 Å². The second kappa shape index (κ2) is 3.40. The van der Waals surface area contributed by atoms with Crippen LogP contribution < -0.4 is 5.73 Å². The molecule has 0 unspecified atom stereocenters. The minimum atomic E-state index is -0.301. The van der Waals surface area contributed by atoms with Crippen molar-refractivity contribution in [3.63, 3.8) is 0 Å². The Balaban J connectivity index is 2.32. The summed E-state index contributed by atoms with van der Waals surface area (Å²) in [5.74, 6) is -0.271. The Morgan fingerprint density at radius 1 is 1.27 bits per heavy atom. The molecule has 1 aliphatic carbocycles. The molecule has 82 valence electrons. The van der Waals surface area contributed by atoms with Crippen LogP contribution in [-0.4, -0.2) is 28.0 Å². The van der Waals surface area contributed by atoms with Gasteiger partial charge in [0.1, 0.15) is 0 Å². The summed E-state index contributed by atoms with van der Waals surface area (Å²) in [6.07, 6.45) is 0.936. The molecule has 1 fully saturated rings. The van der Waals surface area contributed by atoms with Crippen molar-refractivity contribution in [1.29, 1.82) is 0 Å². The zero-order valence-corrected chi connectivity index (χ0v) is 8.35. The predicted octanol–water partition coefficient (Wildman–Crippen LogP) is 0.449. The van der Waals surface area contributed by atoms with Crippen LogP contribution in [0.5, 0.6) is 11.5 Å². The van der Waals surface area contributed by atoms with E-state index in [-0.39, 0.29) is 23.0 Å². The summed E-state index contributed by atoms with van der Waals surface area (Å²) < 4.78 is 0. The van der Waals surface area contributed by atoms with Gasteiger partial charge in [-0.15, -0.1) is 0 Å². The minimum absolute atomic E-state index is 0.134. The second-order valence-electron chi connectivity index (χ2n) is 4.25. The normalized spacial score (nSPS) is 29.9. The molecule has 15 heavy (non-hydrogen) atoms. The molecule has 0 aliphatic heterocycles. The Morgan fingerprint density at radius 2 is 1.93 bits per heavy atom. The van der Waals surface area contributed by atoms with Crippen LogP contribution in [-0.2, 0) is 5.41 Å². The van der Waals surface area contributed by atoms with E-state index in [0.717, 1.165) is 5.56 Å². The number of phenolic OH excluding ortho intramolecular Hbond substituents is 2. The van der Waals surface area contributed by atoms with Crippen LogP contribution in [0.25, 0.3) is 0 Å². The average molecular weight is 209 g/mol.